The van der Waals surface area contributed by atoms with Gasteiger partial charge in [-0.2, -0.15) is 0 Å². The van der Waals surface area contributed by atoms with Crippen LogP contribution in [0.2, 0.25) is 5.02 Å². The van der Waals surface area contributed by atoms with E-state index in [4.69, 9.17) is 39.5 Å². The maximum absolute atomic E-state index is 11.7. The molecule has 1 aliphatic rings. The molecule has 1 fully saturated rings. The molecule has 1 aromatic carbocycles. The number of hydrogen-bond acceptors (Lipinski definition) is 2. The van der Waals surface area contributed by atoms with Gasteiger partial charge in [-0.3, -0.25) is 4.79 Å². The van der Waals surface area contributed by atoms with E-state index in [0.29, 0.717) is 22.9 Å². The Morgan fingerprint density at radius 2 is 2.18 bits per heavy atom. The molecule has 1 saturated carbocycles. The molecule has 0 saturated heterocycles. The third-order valence-corrected chi connectivity index (χ3v) is 3.69. The van der Waals surface area contributed by atoms with Gasteiger partial charge in [-0.05, 0) is 24.6 Å². The second-order valence-electron chi connectivity index (χ2n) is 3.86. The maximum Gasteiger partial charge on any atom is 0.230 e. The first-order valence-electron chi connectivity index (χ1n) is 4.96. The molecule has 0 bridgehead atoms. The molecule has 1 aliphatic carbocycles. The Morgan fingerprint density at radius 1 is 1.53 bits per heavy atom. The number of carbonyl (C=O) groups is 1. The Balaban J connectivity index is 2.05. The average Bonchev–Trinajstić information content (AvgIpc) is 2.88. The molecule has 92 valence electrons. The van der Waals surface area contributed by atoms with Crippen LogP contribution in [0.15, 0.2) is 18.2 Å². The van der Waals surface area contributed by atoms with Gasteiger partial charge in [-0.1, -0.05) is 11.6 Å². The molecule has 0 aliphatic heterocycles. The van der Waals surface area contributed by atoms with Crippen LogP contribution >= 0.6 is 34.8 Å². The van der Waals surface area contributed by atoms with Crippen LogP contribution in [-0.2, 0) is 4.79 Å². The van der Waals surface area contributed by atoms with Crippen molar-refractivity contribution >= 4 is 46.4 Å². The second kappa shape index (κ2) is 4.56. The number of methoxy groups -OCH3 is 1. The molecule has 0 radical (unpaired) electrons. The lowest BCUT2D eigenvalue weighted by atomic mass is 10.3. The predicted molar refractivity (Wildman–Crippen MR) is 69.2 cm³/mol. The predicted octanol–water partition coefficient (Wildman–Crippen LogP) is 3.48. The number of rotatable bonds is 3. The summed E-state index contributed by atoms with van der Waals surface area (Å²) in [6.45, 7) is 0. The molecule has 0 spiro atoms. The lowest BCUT2D eigenvalue weighted by molar-refractivity contribution is -0.117. The summed E-state index contributed by atoms with van der Waals surface area (Å²) in [6, 6.07) is 5.00. The lowest BCUT2D eigenvalue weighted by Crippen LogP contribution is -2.16. The fourth-order valence-corrected chi connectivity index (χ4v) is 2.24. The summed E-state index contributed by atoms with van der Waals surface area (Å²) >= 11 is 17.5. The van der Waals surface area contributed by atoms with Crippen LogP contribution < -0.4 is 10.1 Å². The summed E-state index contributed by atoms with van der Waals surface area (Å²) in [4.78, 5) is 11.7. The molecule has 1 aromatic rings. The highest BCUT2D eigenvalue weighted by atomic mass is 35.5. The fourth-order valence-electron chi connectivity index (χ4n) is 1.47. The molecule has 3 nitrogen and oxygen atoms in total. The first kappa shape index (κ1) is 12.8. The number of nitrogens with one attached hydrogen (secondary N) is 1. The Bertz CT molecular complexity index is 462. The van der Waals surface area contributed by atoms with Gasteiger partial charge in [0.1, 0.15) is 10.1 Å². The van der Waals surface area contributed by atoms with Crippen molar-refractivity contribution in [3.8, 4) is 5.75 Å². The summed E-state index contributed by atoms with van der Waals surface area (Å²) in [5, 5.41) is 3.14. The molecule has 6 heteroatoms. The number of benzene rings is 1. The average molecular weight is 295 g/mol. The summed E-state index contributed by atoms with van der Waals surface area (Å²) < 4.78 is 4.09. The van der Waals surface area contributed by atoms with Crippen molar-refractivity contribution in [3.05, 3.63) is 23.2 Å². The zero-order valence-electron chi connectivity index (χ0n) is 8.97. The van der Waals surface area contributed by atoms with Crippen molar-refractivity contribution in [2.45, 2.75) is 10.8 Å². The number of halogens is 3. The van der Waals surface area contributed by atoms with E-state index in [0.717, 1.165) is 0 Å². The van der Waals surface area contributed by atoms with Crippen molar-refractivity contribution in [1.82, 2.24) is 0 Å². The second-order valence-corrected chi connectivity index (χ2v) is 5.81. The highest BCUT2D eigenvalue weighted by molar-refractivity contribution is 6.52. The SMILES string of the molecule is COc1ccc(NC(=O)C2CC2(Cl)Cl)cc1Cl. The van der Waals surface area contributed by atoms with Crippen molar-refractivity contribution in [2.24, 2.45) is 5.92 Å². The normalized spacial score (nSPS) is 20.8. The van der Waals surface area contributed by atoms with E-state index < -0.39 is 4.33 Å². The summed E-state index contributed by atoms with van der Waals surface area (Å²) in [7, 11) is 1.53. The zero-order chi connectivity index (χ0) is 12.6. The lowest BCUT2D eigenvalue weighted by Gasteiger charge is -2.08. The van der Waals surface area contributed by atoms with Crippen LogP contribution in [0.4, 0.5) is 5.69 Å². The molecule has 1 N–H and O–H groups in total. The van der Waals surface area contributed by atoms with Crippen LogP contribution in [0, 0.1) is 5.92 Å². The summed E-state index contributed by atoms with van der Waals surface area (Å²) in [5.41, 5.74) is 0.594. The number of hydrogen-bond donors (Lipinski definition) is 1. The monoisotopic (exact) mass is 293 g/mol. The van der Waals surface area contributed by atoms with E-state index in [9.17, 15) is 4.79 Å². The van der Waals surface area contributed by atoms with Crippen LogP contribution in [0.5, 0.6) is 5.75 Å². The van der Waals surface area contributed by atoms with E-state index in [1.165, 1.54) is 7.11 Å². The third-order valence-electron chi connectivity index (χ3n) is 2.56. The topological polar surface area (TPSA) is 38.3 Å². The smallest absolute Gasteiger partial charge is 0.230 e. The van der Waals surface area contributed by atoms with E-state index in [-0.39, 0.29) is 11.8 Å². The van der Waals surface area contributed by atoms with Crippen molar-refractivity contribution in [3.63, 3.8) is 0 Å². The number of alkyl halides is 2. The minimum absolute atomic E-state index is 0.198. The summed E-state index contributed by atoms with van der Waals surface area (Å²) in [6.07, 6.45) is 0.478. The van der Waals surface area contributed by atoms with Crippen molar-refractivity contribution < 1.29 is 9.53 Å². The number of anilines is 1. The largest absolute Gasteiger partial charge is 0.495 e. The molecular weight excluding hydrogens is 284 g/mol. The highest BCUT2D eigenvalue weighted by Gasteiger charge is 2.56. The van der Waals surface area contributed by atoms with Gasteiger partial charge in [0, 0.05) is 5.69 Å². The van der Waals surface area contributed by atoms with Gasteiger partial charge >= 0.3 is 0 Å². The van der Waals surface area contributed by atoms with E-state index in [1.807, 2.05) is 0 Å². The number of carbonyl (C=O) groups excluding carboxylic acids is 1. The maximum atomic E-state index is 11.7. The van der Waals surface area contributed by atoms with Crippen LogP contribution in [-0.4, -0.2) is 17.4 Å². The quantitative estimate of drug-likeness (QED) is 0.867. The molecule has 2 rings (SSSR count). The summed E-state index contributed by atoms with van der Waals surface area (Å²) in [5.74, 6) is 0.00284. The van der Waals surface area contributed by atoms with Crippen molar-refractivity contribution in [1.29, 1.82) is 0 Å². The van der Waals surface area contributed by atoms with Gasteiger partial charge in [0.05, 0.1) is 18.1 Å². The first-order chi connectivity index (χ1) is 7.94. The van der Waals surface area contributed by atoms with E-state index in [1.54, 1.807) is 18.2 Å². The number of ether oxygens (including phenoxy) is 1. The van der Waals surface area contributed by atoms with Gasteiger partial charge in [0.15, 0.2) is 0 Å². The molecule has 1 amide bonds. The molecule has 0 heterocycles. The van der Waals surface area contributed by atoms with Crippen LogP contribution in [0.1, 0.15) is 6.42 Å². The Hall–Kier alpha value is -0.640. The Kier molecular flexibility index (Phi) is 3.43. The molecule has 1 atom stereocenters. The van der Waals surface area contributed by atoms with Crippen LogP contribution in [0.25, 0.3) is 0 Å². The van der Waals surface area contributed by atoms with Crippen LogP contribution in [0.3, 0.4) is 0 Å². The van der Waals surface area contributed by atoms with Gasteiger partial charge in [0.2, 0.25) is 5.91 Å². The van der Waals surface area contributed by atoms with Gasteiger partial charge in [-0.25, -0.2) is 0 Å². The minimum atomic E-state index is -0.916. The molecule has 0 aromatic heterocycles. The third kappa shape index (κ3) is 2.79. The zero-order valence-corrected chi connectivity index (χ0v) is 11.2. The highest BCUT2D eigenvalue weighted by Crippen LogP contribution is 2.53. The Labute approximate surface area is 114 Å². The fraction of sp³-hybridized carbons (Fsp3) is 0.364. The van der Waals surface area contributed by atoms with Gasteiger partial charge in [0.25, 0.3) is 0 Å². The molecule has 1 unspecified atom stereocenters. The standard InChI is InChI=1S/C11H10Cl3NO2/c1-17-9-3-2-6(4-8(9)12)15-10(16)7-5-11(7,13)14/h2-4,7H,5H2,1H3,(H,15,16). The Morgan fingerprint density at radius 3 is 2.65 bits per heavy atom. The molecule has 17 heavy (non-hydrogen) atoms. The van der Waals surface area contributed by atoms with E-state index >= 15 is 0 Å². The van der Waals surface area contributed by atoms with Gasteiger partial charge in [-0.15, -0.1) is 23.2 Å². The van der Waals surface area contributed by atoms with Crippen molar-refractivity contribution in [2.75, 3.05) is 12.4 Å². The number of amides is 1. The minimum Gasteiger partial charge on any atom is -0.495 e. The first-order valence-corrected chi connectivity index (χ1v) is 6.09. The molecular formula is C11H10Cl3NO2. The van der Waals surface area contributed by atoms with E-state index in [2.05, 4.69) is 5.32 Å². The van der Waals surface area contributed by atoms with Gasteiger partial charge < -0.3 is 10.1 Å².